The summed E-state index contributed by atoms with van der Waals surface area (Å²) in [5, 5.41) is 19.1. The summed E-state index contributed by atoms with van der Waals surface area (Å²) in [6, 6.07) is 9.83. The van der Waals surface area contributed by atoms with Crippen LogP contribution in [-0.4, -0.2) is 41.7 Å². The van der Waals surface area contributed by atoms with Crippen LogP contribution in [0.3, 0.4) is 0 Å². The second kappa shape index (κ2) is 19.1. The fourth-order valence-corrected chi connectivity index (χ4v) is 2.71. The first-order valence-corrected chi connectivity index (χ1v) is 14.4. The second-order valence-electron chi connectivity index (χ2n) is 14.4. The van der Waals surface area contributed by atoms with E-state index in [0.717, 1.165) is 22.5 Å². The molecule has 0 saturated heterocycles. The van der Waals surface area contributed by atoms with E-state index in [2.05, 4.69) is 32.1 Å². The summed E-state index contributed by atoms with van der Waals surface area (Å²) in [6.07, 6.45) is 12.7. The molecule has 0 unspecified atom stereocenters. The van der Waals surface area contributed by atoms with Crippen LogP contribution in [0.15, 0.2) is 73.0 Å². The monoisotopic (exact) mass is 990 g/mol. The smallest absolute Gasteiger partial charge is 0.164 e. The Morgan fingerprint density at radius 3 is 1.15 bits per heavy atom. The first kappa shape index (κ1) is 45.3. The van der Waals surface area contributed by atoms with Gasteiger partial charge in [-0.05, 0) is 6.20 Å². The van der Waals surface area contributed by atoms with Crippen molar-refractivity contribution in [2.75, 3.05) is 0 Å². The Balaban J connectivity index is 0. The number of allylic oxidation sites excluding steroid dienone is 4. The minimum atomic E-state index is -0.417. The molecule has 0 saturated carbocycles. The second-order valence-corrected chi connectivity index (χ2v) is 14.4. The van der Waals surface area contributed by atoms with Gasteiger partial charge in [-0.3, -0.25) is 42.2 Å². The Morgan fingerprint density at radius 2 is 0.913 bits per heavy atom. The normalized spacial score (nSPS) is 12.2. The van der Waals surface area contributed by atoms with Crippen LogP contribution in [0.2, 0.25) is 0 Å². The molecule has 10 heteroatoms. The summed E-state index contributed by atoms with van der Waals surface area (Å²) in [6.45, 7) is 22.2. The molecule has 0 fully saturated rings. The summed E-state index contributed by atoms with van der Waals surface area (Å²) in [5.74, 6) is 0.208. The van der Waals surface area contributed by atoms with Crippen molar-refractivity contribution in [3.8, 4) is 22.5 Å². The van der Waals surface area contributed by atoms with Gasteiger partial charge in [0.1, 0.15) is 11.5 Å². The van der Waals surface area contributed by atoms with E-state index in [0.29, 0.717) is 0 Å². The Kier molecular flexibility index (Phi) is 18.8. The van der Waals surface area contributed by atoms with Crippen molar-refractivity contribution in [1.29, 1.82) is 0 Å². The molecular weight excluding hydrogens is 943 g/mol. The third-order valence-corrected chi connectivity index (χ3v) is 5.97. The minimum Gasteiger partial charge on any atom is -0.512 e. The minimum absolute atomic E-state index is 0. The SMILES string of the molecule is CC(C)(C)C(=O)/C=C(\O)C(C)(C)C.CC(C)(C)C(=O)/C=C(\O)C(C)(C)C.[Pt].[Pt].[c-]1c[c-]c(-c2cnccn2)cc1-c1cnccn1. The molecule has 0 spiro atoms. The van der Waals surface area contributed by atoms with Crippen LogP contribution in [0.4, 0.5) is 0 Å². The fraction of sp³-hybridized carbons (Fsp3) is 0.444. The molecule has 3 aromatic rings. The van der Waals surface area contributed by atoms with E-state index in [1.807, 2.05) is 89.2 Å². The van der Waals surface area contributed by atoms with Crippen molar-refractivity contribution < 1.29 is 61.9 Å². The first-order chi connectivity index (χ1) is 20.0. The predicted octanol–water partition coefficient (Wildman–Crippen LogP) is 8.38. The summed E-state index contributed by atoms with van der Waals surface area (Å²) >= 11 is 0. The summed E-state index contributed by atoms with van der Waals surface area (Å²) < 4.78 is 0. The number of ketones is 2. The predicted molar refractivity (Wildman–Crippen MR) is 175 cm³/mol. The Bertz CT molecular complexity index is 1320. The van der Waals surface area contributed by atoms with Crippen LogP contribution in [0.1, 0.15) is 83.1 Å². The van der Waals surface area contributed by atoms with Gasteiger partial charge in [0.25, 0.3) is 0 Å². The van der Waals surface area contributed by atoms with Crippen molar-refractivity contribution in [2.24, 2.45) is 21.7 Å². The number of nitrogens with zero attached hydrogens (tertiary/aromatic N) is 4. The summed E-state index contributed by atoms with van der Waals surface area (Å²) in [5.41, 5.74) is 1.75. The average Bonchev–Trinajstić information content (AvgIpc) is 2.92. The fourth-order valence-electron chi connectivity index (χ4n) is 2.71. The molecule has 0 aliphatic heterocycles. The molecule has 2 N–H and O–H groups in total. The Hall–Kier alpha value is -2.82. The molecule has 1 aromatic carbocycles. The van der Waals surface area contributed by atoms with E-state index < -0.39 is 10.8 Å². The van der Waals surface area contributed by atoms with Gasteiger partial charge in [-0.1, -0.05) is 88.8 Å². The van der Waals surface area contributed by atoms with Gasteiger partial charge in [0.15, 0.2) is 11.6 Å². The number of aromatic nitrogens is 4. The molecular formula is C36H48N4O4Pt2-2. The van der Waals surface area contributed by atoms with Crippen molar-refractivity contribution in [3.05, 3.63) is 85.1 Å². The Morgan fingerprint density at radius 1 is 0.587 bits per heavy atom. The number of aliphatic hydroxyl groups is 2. The molecule has 8 nitrogen and oxygen atoms in total. The van der Waals surface area contributed by atoms with Crippen molar-refractivity contribution in [3.63, 3.8) is 0 Å². The van der Waals surface area contributed by atoms with Crippen LogP contribution in [0.25, 0.3) is 22.5 Å². The standard InChI is InChI=1S/C14H8N4.2C11H20O2.2Pt/c1-2-11(13-9-15-4-6-17-13)8-12(3-1)14-10-16-5-7-18-14;2*1-10(2,3)8(12)7-9(13)11(4,5)6;;/h1,4-10H;2*7,12H,1-6H3;;/q-2;;;;/b;2*8-7-;;. The van der Waals surface area contributed by atoms with Gasteiger partial charge in [0.2, 0.25) is 0 Å². The third kappa shape index (κ3) is 16.7. The van der Waals surface area contributed by atoms with Crippen LogP contribution < -0.4 is 0 Å². The van der Waals surface area contributed by atoms with Gasteiger partial charge in [0, 0.05) is 107 Å². The maximum Gasteiger partial charge on any atom is 0.164 e. The topological polar surface area (TPSA) is 126 Å². The number of carbonyl (C=O) groups excluding carboxylic acids is 2. The number of hydrogen-bond acceptors (Lipinski definition) is 8. The molecule has 46 heavy (non-hydrogen) atoms. The van der Waals surface area contributed by atoms with Crippen LogP contribution in [0.5, 0.6) is 0 Å². The molecule has 0 bridgehead atoms. The zero-order chi connectivity index (χ0) is 33.9. The van der Waals surface area contributed by atoms with E-state index >= 15 is 0 Å². The summed E-state index contributed by atoms with van der Waals surface area (Å²) in [7, 11) is 0. The zero-order valence-corrected chi connectivity index (χ0v) is 33.5. The average molecular weight is 991 g/mol. The Labute approximate surface area is 304 Å². The first-order valence-electron chi connectivity index (χ1n) is 14.4. The molecule has 258 valence electrons. The largest absolute Gasteiger partial charge is 0.512 e. The molecule has 0 radical (unpaired) electrons. The molecule has 2 heterocycles. The van der Waals surface area contributed by atoms with E-state index in [4.69, 9.17) is 0 Å². The molecule has 0 amide bonds. The molecule has 3 rings (SSSR count). The van der Waals surface area contributed by atoms with Gasteiger partial charge in [-0.15, -0.1) is 0 Å². The number of hydrogen-bond donors (Lipinski definition) is 2. The van der Waals surface area contributed by atoms with Gasteiger partial charge in [-0.2, -0.15) is 5.56 Å². The third-order valence-electron chi connectivity index (χ3n) is 5.97. The zero-order valence-electron chi connectivity index (χ0n) is 28.9. The number of aliphatic hydroxyl groups excluding tert-OH is 2. The number of benzene rings is 1. The number of rotatable bonds is 4. The maximum absolute atomic E-state index is 11.5. The van der Waals surface area contributed by atoms with Gasteiger partial charge < -0.3 is 15.2 Å². The van der Waals surface area contributed by atoms with E-state index in [1.165, 1.54) is 12.2 Å². The van der Waals surface area contributed by atoms with E-state index in [9.17, 15) is 19.8 Å². The van der Waals surface area contributed by atoms with Crippen LogP contribution in [0, 0.1) is 33.8 Å². The van der Waals surface area contributed by atoms with Gasteiger partial charge in [0.05, 0.1) is 5.69 Å². The van der Waals surface area contributed by atoms with Crippen molar-refractivity contribution in [1.82, 2.24) is 19.9 Å². The number of carbonyl (C=O) groups is 2. The van der Waals surface area contributed by atoms with Crippen molar-refractivity contribution >= 4 is 11.6 Å². The maximum atomic E-state index is 11.5. The molecule has 0 aliphatic carbocycles. The molecule has 0 aliphatic rings. The van der Waals surface area contributed by atoms with Crippen LogP contribution in [-0.2, 0) is 51.7 Å². The molecule has 0 atom stereocenters. The van der Waals surface area contributed by atoms with E-state index in [1.54, 1.807) is 43.2 Å². The van der Waals surface area contributed by atoms with Gasteiger partial charge >= 0.3 is 0 Å². The van der Waals surface area contributed by atoms with Crippen LogP contribution >= 0.6 is 0 Å². The van der Waals surface area contributed by atoms with Gasteiger partial charge in [-0.25, -0.2) is 12.1 Å². The van der Waals surface area contributed by atoms with Crippen molar-refractivity contribution in [2.45, 2.75) is 83.1 Å². The van der Waals surface area contributed by atoms with E-state index in [-0.39, 0.29) is 76.0 Å². The quantitative estimate of drug-likeness (QED) is 0.152. The molecule has 2 aromatic heterocycles. The summed E-state index contributed by atoms with van der Waals surface area (Å²) in [4.78, 5) is 39.5.